The summed E-state index contributed by atoms with van der Waals surface area (Å²) in [6.07, 6.45) is 1.98. The maximum Gasteiger partial charge on any atom is 0.258 e. The third-order valence-electron chi connectivity index (χ3n) is 3.91. The summed E-state index contributed by atoms with van der Waals surface area (Å²) in [5, 5.41) is 0.358. The Kier molecular flexibility index (Phi) is 3.68. The van der Waals surface area contributed by atoms with Crippen molar-refractivity contribution < 1.29 is 4.79 Å². The minimum absolute atomic E-state index is 0.0120. The van der Waals surface area contributed by atoms with Gasteiger partial charge in [-0.2, -0.15) is 0 Å². The van der Waals surface area contributed by atoms with Crippen molar-refractivity contribution >= 4 is 23.2 Å². The highest BCUT2D eigenvalue weighted by atomic mass is 35.5. The van der Waals surface area contributed by atoms with Gasteiger partial charge in [-0.15, -0.1) is 0 Å². The second kappa shape index (κ2) is 5.49. The van der Waals surface area contributed by atoms with Crippen molar-refractivity contribution in [1.82, 2.24) is 4.98 Å². The van der Waals surface area contributed by atoms with Crippen LogP contribution in [0.2, 0.25) is 5.15 Å². The number of aromatic nitrogens is 1. The number of benzene rings is 1. The number of rotatable bonds is 1. The van der Waals surface area contributed by atoms with Gasteiger partial charge in [0.1, 0.15) is 5.15 Å². The maximum absolute atomic E-state index is 12.9. The van der Waals surface area contributed by atoms with Gasteiger partial charge in [-0.1, -0.05) is 29.8 Å². The number of pyridine rings is 1. The average Bonchev–Trinajstić information content (AvgIpc) is 2.45. The highest BCUT2D eigenvalue weighted by molar-refractivity contribution is 6.30. The van der Waals surface area contributed by atoms with Gasteiger partial charge in [-0.25, -0.2) is 4.98 Å². The second-order valence-electron chi connectivity index (χ2n) is 5.51. The zero-order valence-electron chi connectivity index (χ0n) is 12.1. The smallest absolute Gasteiger partial charge is 0.258 e. The molecule has 0 saturated heterocycles. The zero-order valence-corrected chi connectivity index (χ0v) is 12.9. The minimum atomic E-state index is -0.0120. The molecule has 0 radical (unpaired) electrons. The fourth-order valence-corrected chi connectivity index (χ4v) is 3.14. The fraction of sp³-hybridized carbons (Fsp3) is 0.294. The number of carbonyl (C=O) groups excluding carboxylic acids is 1. The number of aryl methyl sites for hydroxylation is 2. The number of para-hydroxylation sites is 1. The molecule has 0 fully saturated rings. The number of amides is 1. The van der Waals surface area contributed by atoms with Crippen molar-refractivity contribution in [3.63, 3.8) is 0 Å². The number of halogens is 1. The lowest BCUT2D eigenvalue weighted by Gasteiger charge is -2.35. The van der Waals surface area contributed by atoms with E-state index in [1.807, 2.05) is 30.0 Å². The molecule has 2 aromatic rings. The van der Waals surface area contributed by atoms with Crippen LogP contribution in [0, 0.1) is 6.92 Å². The molecular formula is C17H17ClN2O. The molecule has 0 spiro atoms. The summed E-state index contributed by atoms with van der Waals surface area (Å²) >= 11 is 5.99. The van der Waals surface area contributed by atoms with Gasteiger partial charge in [-0.05, 0) is 50.5 Å². The molecule has 1 aliphatic rings. The highest BCUT2D eigenvalue weighted by Gasteiger charge is 2.28. The lowest BCUT2D eigenvalue weighted by molar-refractivity contribution is 0.0975. The van der Waals surface area contributed by atoms with Gasteiger partial charge in [0.25, 0.3) is 5.91 Å². The van der Waals surface area contributed by atoms with Crippen molar-refractivity contribution in [2.24, 2.45) is 0 Å². The van der Waals surface area contributed by atoms with Gasteiger partial charge >= 0.3 is 0 Å². The Morgan fingerprint density at radius 2 is 2.10 bits per heavy atom. The topological polar surface area (TPSA) is 33.2 Å². The fourth-order valence-electron chi connectivity index (χ4n) is 2.89. The van der Waals surface area contributed by atoms with Crippen LogP contribution < -0.4 is 4.90 Å². The normalized spacial score (nSPS) is 17.5. The van der Waals surface area contributed by atoms with Crippen molar-refractivity contribution in [1.29, 1.82) is 0 Å². The van der Waals surface area contributed by atoms with Gasteiger partial charge in [0.15, 0.2) is 0 Å². The Morgan fingerprint density at radius 1 is 1.33 bits per heavy atom. The number of fused-ring (bicyclic) bond motifs is 1. The van der Waals surface area contributed by atoms with E-state index in [4.69, 9.17) is 11.6 Å². The van der Waals surface area contributed by atoms with Crippen LogP contribution in [-0.2, 0) is 6.42 Å². The molecular weight excluding hydrogens is 284 g/mol. The van der Waals surface area contributed by atoms with Gasteiger partial charge in [0.05, 0.1) is 0 Å². The van der Waals surface area contributed by atoms with Crippen LogP contribution in [0.3, 0.4) is 0 Å². The quantitative estimate of drug-likeness (QED) is 0.745. The Hall–Kier alpha value is -1.87. The van der Waals surface area contributed by atoms with E-state index in [1.165, 1.54) is 5.56 Å². The number of nitrogens with zero attached hydrogens (tertiary/aromatic N) is 2. The molecule has 1 aromatic heterocycles. The minimum Gasteiger partial charge on any atom is -0.305 e. The third kappa shape index (κ3) is 2.66. The van der Waals surface area contributed by atoms with Crippen molar-refractivity contribution in [3.05, 3.63) is 58.4 Å². The third-order valence-corrected chi connectivity index (χ3v) is 4.10. The van der Waals surface area contributed by atoms with Gasteiger partial charge in [0, 0.05) is 23.0 Å². The lowest BCUT2D eigenvalue weighted by Crippen LogP contribution is -2.42. The Labute approximate surface area is 129 Å². The van der Waals surface area contributed by atoms with E-state index >= 15 is 0 Å². The molecule has 1 unspecified atom stereocenters. The lowest BCUT2D eigenvalue weighted by atomic mass is 9.96. The number of hydrogen-bond donors (Lipinski definition) is 0. The highest BCUT2D eigenvalue weighted by Crippen LogP contribution is 2.32. The Bertz CT molecular complexity index is 679. The van der Waals surface area contributed by atoms with Crippen LogP contribution in [0.4, 0.5) is 5.69 Å². The van der Waals surface area contributed by atoms with Crippen LogP contribution in [0.15, 0.2) is 36.4 Å². The molecule has 0 aliphatic carbocycles. The van der Waals surface area contributed by atoms with Crippen molar-refractivity contribution in [2.45, 2.75) is 32.7 Å². The molecule has 0 bridgehead atoms. The van der Waals surface area contributed by atoms with E-state index < -0.39 is 0 Å². The monoisotopic (exact) mass is 300 g/mol. The molecule has 2 heterocycles. The predicted octanol–water partition coefficient (Wildman–Crippen LogP) is 4.02. The number of anilines is 1. The van der Waals surface area contributed by atoms with E-state index in [-0.39, 0.29) is 11.9 Å². The van der Waals surface area contributed by atoms with Gasteiger partial charge in [-0.3, -0.25) is 4.79 Å². The molecule has 0 N–H and O–H groups in total. The van der Waals surface area contributed by atoms with Crippen LogP contribution in [0.25, 0.3) is 0 Å². The van der Waals surface area contributed by atoms with Crippen molar-refractivity contribution in [3.8, 4) is 0 Å². The number of hydrogen-bond acceptors (Lipinski definition) is 2. The van der Waals surface area contributed by atoms with Crippen molar-refractivity contribution in [2.75, 3.05) is 4.90 Å². The average molecular weight is 301 g/mol. The summed E-state index contributed by atoms with van der Waals surface area (Å²) in [6.45, 7) is 3.93. The largest absolute Gasteiger partial charge is 0.305 e. The zero-order chi connectivity index (χ0) is 15.0. The van der Waals surface area contributed by atoms with E-state index in [0.29, 0.717) is 10.7 Å². The SMILES string of the molecule is Cc1cc(C(=O)N2c3ccccc3CCC2C)cc(Cl)n1. The van der Waals surface area contributed by atoms with Gasteiger partial charge in [0.2, 0.25) is 0 Å². The predicted molar refractivity (Wildman–Crippen MR) is 85.0 cm³/mol. The Morgan fingerprint density at radius 3 is 2.86 bits per heavy atom. The maximum atomic E-state index is 12.9. The Balaban J connectivity index is 2.04. The first-order valence-corrected chi connectivity index (χ1v) is 7.49. The molecule has 1 aliphatic heterocycles. The van der Waals surface area contributed by atoms with E-state index in [2.05, 4.69) is 18.0 Å². The summed E-state index contributed by atoms with van der Waals surface area (Å²) in [5.41, 5.74) is 3.58. The molecule has 21 heavy (non-hydrogen) atoms. The molecule has 108 valence electrons. The van der Waals surface area contributed by atoms with Crippen LogP contribution in [-0.4, -0.2) is 16.9 Å². The van der Waals surface area contributed by atoms with E-state index in [9.17, 15) is 4.79 Å². The first-order valence-electron chi connectivity index (χ1n) is 7.12. The van der Waals surface area contributed by atoms with Crippen LogP contribution in [0.5, 0.6) is 0 Å². The molecule has 0 saturated carbocycles. The number of carbonyl (C=O) groups is 1. The van der Waals surface area contributed by atoms with E-state index in [0.717, 1.165) is 24.2 Å². The summed E-state index contributed by atoms with van der Waals surface area (Å²) in [4.78, 5) is 18.9. The molecule has 3 rings (SSSR count). The van der Waals surface area contributed by atoms with E-state index in [1.54, 1.807) is 12.1 Å². The van der Waals surface area contributed by atoms with Crippen LogP contribution in [0.1, 0.15) is 35.0 Å². The summed E-state index contributed by atoms with van der Waals surface area (Å²) < 4.78 is 0. The standard InChI is InChI=1S/C17H17ClN2O/c1-11-9-14(10-16(18)19-11)17(21)20-12(2)7-8-13-5-3-4-6-15(13)20/h3-6,9-10,12H,7-8H2,1-2H3. The molecule has 1 amide bonds. The summed E-state index contributed by atoms with van der Waals surface area (Å²) in [7, 11) is 0. The first kappa shape index (κ1) is 14.1. The summed E-state index contributed by atoms with van der Waals surface area (Å²) in [5.74, 6) is -0.0120. The second-order valence-corrected chi connectivity index (χ2v) is 5.90. The molecule has 1 aromatic carbocycles. The molecule has 3 nitrogen and oxygen atoms in total. The van der Waals surface area contributed by atoms with Gasteiger partial charge < -0.3 is 4.90 Å². The molecule has 4 heteroatoms. The van der Waals surface area contributed by atoms with Crippen LogP contribution >= 0.6 is 11.6 Å². The molecule has 1 atom stereocenters. The summed E-state index contributed by atoms with van der Waals surface area (Å²) in [6, 6.07) is 11.7. The first-order chi connectivity index (χ1) is 10.1.